The molecule has 2 amide bonds. The number of nitro benzene ring substituents is 1. The van der Waals surface area contributed by atoms with Crippen LogP contribution in [0.5, 0.6) is 0 Å². The largest absolute Gasteiger partial charge is 0.368 e. The van der Waals surface area contributed by atoms with Crippen LogP contribution in [0.4, 0.5) is 5.69 Å². The first-order valence-corrected chi connectivity index (χ1v) is 5.36. The molecule has 18 heavy (non-hydrogen) atoms. The minimum atomic E-state index is -0.756. The number of nitro groups is 1. The smallest absolute Gasteiger partial charge is 0.284 e. The zero-order chi connectivity index (χ0) is 13.7. The summed E-state index contributed by atoms with van der Waals surface area (Å²) in [6, 6.07) is 3.96. The molecular formula is C9H8BrN3O5. The van der Waals surface area contributed by atoms with Crippen molar-refractivity contribution in [2.45, 2.75) is 0 Å². The van der Waals surface area contributed by atoms with Gasteiger partial charge in [0.1, 0.15) is 4.47 Å². The van der Waals surface area contributed by atoms with Crippen LogP contribution in [0.3, 0.4) is 0 Å². The Hall–Kier alpha value is -2.00. The van der Waals surface area contributed by atoms with E-state index in [1.165, 1.54) is 18.2 Å². The second-order valence-electron chi connectivity index (χ2n) is 3.08. The second-order valence-corrected chi connectivity index (χ2v) is 3.87. The molecule has 0 aliphatic rings. The van der Waals surface area contributed by atoms with Gasteiger partial charge in [-0.15, -0.1) is 0 Å². The molecule has 1 rings (SSSR count). The summed E-state index contributed by atoms with van der Waals surface area (Å²) in [7, 11) is 0. The zero-order valence-electron chi connectivity index (χ0n) is 8.88. The first-order chi connectivity index (χ1) is 8.43. The van der Waals surface area contributed by atoms with E-state index in [2.05, 4.69) is 20.8 Å². The summed E-state index contributed by atoms with van der Waals surface area (Å²) in [5.41, 5.74) is 6.50. The van der Waals surface area contributed by atoms with Crippen LogP contribution in [-0.2, 0) is 9.63 Å². The number of nitrogens with zero attached hydrogens (tertiary/aromatic N) is 1. The molecule has 1 aromatic carbocycles. The fraction of sp³-hybridized carbons (Fsp3) is 0.111. The van der Waals surface area contributed by atoms with E-state index < -0.39 is 23.3 Å². The van der Waals surface area contributed by atoms with Gasteiger partial charge < -0.3 is 5.73 Å². The third kappa shape index (κ3) is 3.50. The Labute approximate surface area is 109 Å². The molecule has 0 radical (unpaired) electrons. The number of carbonyl (C=O) groups excluding carboxylic acids is 2. The van der Waals surface area contributed by atoms with E-state index in [9.17, 15) is 19.7 Å². The maximum Gasteiger partial charge on any atom is 0.284 e. The molecule has 3 N–H and O–H groups in total. The van der Waals surface area contributed by atoms with Gasteiger partial charge in [-0.2, -0.15) is 0 Å². The predicted molar refractivity (Wildman–Crippen MR) is 63.4 cm³/mol. The number of hydrogen-bond donors (Lipinski definition) is 2. The predicted octanol–water partition coefficient (Wildman–Crippen LogP) is 0.504. The van der Waals surface area contributed by atoms with Gasteiger partial charge in [-0.3, -0.25) is 24.5 Å². The molecule has 1 aromatic rings. The lowest BCUT2D eigenvalue weighted by Crippen LogP contribution is -2.29. The first kappa shape index (κ1) is 14.1. The number of amides is 2. The highest BCUT2D eigenvalue weighted by Crippen LogP contribution is 2.28. The standard InChI is InChI=1S/C9H8BrN3O5/c10-8-5(2-1-3-6(8)13(16)17)9(15)12-18-4-7(11)14/h1-3H,4H2,(H2,11,14)(H,12,15). The molecule has 0 saturated heterocycles. The molecule has 0 spiro atoms. The summed E-state index contributed by atoms with van der Waals surface area (Å²) in [6.45, 7) is -0.488. The summed E-state index contributed by atoms with van der Waals surface area (Å²) in [5.74, 6) is -1.49. The average molecular weight is 318 g/mol. The molecular weight excluding hydrogens is 310 g/mol. The maximum absolute atomic E-state index is 11.6. The fourth-order valence-corrected chi connectivity index (χ4v) is 1.65. The van der Waals surface area contributed by atoms with Crippen LogP contribution in [0.15, 0.2) is 22.7 Å². The van der Waals surface area contributed by atoms with Gasteiger partial charge in [-0.05, 0) is 22.0 Å². The zero-order valence-corrected chi connectivity index (χ0v) is 10.5. The molecule has 0 aliphatic heterocycles. The number of halogens is 1. The monoisotopic (exact) mass is 317 g/mol. The molecule has 0 aliphatic carbocycles. The molecule has 0 fully saturated rings. The van der Waals surface area contributed by atoms with Gasteiger partial charge in [-0.25, -0.2) is 5.48 Å². The lowest BCUT2D eigenvalue weighted by molar-refractivity contribution is -0.385. The third-order valence-corrected chi connectivity index (χ3v) is 2.63. The van der Waals surface area contributed by atoms with Gasteiger partial charge in [0.15, 0.2) is 6.61 Å². The van der Waals surface area contributed by atoms with E-state index in [4.69, 9.17) is 5.73 Å². The molecule has 0 heterocycles. The Morgan fingerprint density at radius 2 is 2.17 bits per heavy atom. The van der Waals surface area contributed by atoms with Crippen LogP contribution >= 0.6 is 15.9 Å². The highest BCUT2D eigenvalue weighted by Gasteiger charge is 2.19. The van der Waals surface area contributed by atoms with E-state index in [0.717, 1.165) is 0 Å². The first-order valence-electron chi connectivity index (χ1n) is 4.57. The van der Waals surface area contributed by atoms with E-state index >= 15 is 0 Å². The van der Waals surface area contributed by atoms with Crippen LogP contribution < -0.4 is 11.2 Å². The van der Waals surface area contributed by atoms with E-state index in [1.807, 2.05) is 5.48 Å². The number of nitrogens with one attached hydrogen (secondary N) is 1. The SMILES string of the molecule is NC(=O)CONC(=O)c1cccc([N+](=O)[O-])c1Br. The topological polar surface area (TPSA) is 125 Å². The van der Waals surface area contributed by atoms with Gasteiger partial charge >= 0.3 is 0 Å². The van der Waals surface area contributed by atoms with Crippen LogP contribution in [-0.4, -0.2) is 23.3 Å². The van der Waals surface area contributed by atoms with Crippen molar-refractivity contribution in [3.63, 3.8) is 0 Å². The second kappa shape index (κ2) is 6.07. The molecule has 9 heteroatoms. The Balaban J connectivity index is 2.83. The number of nitrogens with two attached hydrogens (primary N) is 1. The quantitative estimate of drug-likeness (QED) is 0.604. The summed E-state index contributed by atoms with van der Waals surface area (Å²) >= 11 is 2.95. The lowest BCUT2D eigenvalue weighted by atomic mass is 10.2. The van der Waals surface area contributed by atoms with Crippen LogP contribution in [0.25, 0.3) is 0 Å². The normalized spacial score (nSPS) is 9.83. The van der Waals surface area contributed by atoms with Crippen molar-refractivity contribution in [2.75, 3.05) is 6.61 Å². The Morgan fingerprint density at radius 1 is 1.50 bits per heavy atom. The molecule has 0 atom stereocenters. The van der Waals surface area contributed by atoms with E-state index in [1.54, 1.807) is 0 Å². The maximum atomic E-state index is 11.6. The lowest BCUT2D eigenvalue weighted by Gasteiger charge is -2.06. The number of primary amides is 1. The highest BCUT2D eigenvalue weighted by molar-refractivity contribution is 9.10. The van der Waals surface area contributed by atoms with Crippen LogP contribution in [0, 0.1) is 10.1 Å². The van der Waals surface area contributed by atoms with Crippen LogP contribution in [0.2, 0.25) is 0 Å². The van der Waals surface area contributed by atoms with Crippen molar-refractivity contribution in [1.82, 2.24) is 5.48 Å². The number of hydrogen-bond acceptors (Lipinski definition) is 5. The van der Waals surface area contributed by atoms with Crippen molar-refractivity contribution >= 4 is 33.4 Å². The van der Waals surface area contributed by atoms with Crippen LogP contribution in [0.1, 0.15) is 10.4 Å². The summed E-state index contributed by atoms with van der Waals surface area (Å²) in [4.78, 5) is 36.5. The Morgan fingerprint density at radius 3 is 2.72 bits per heavy atom. The molecule has 0 aromatic heterocycles. The average Bonchev–Trinajstić information content (AvgIpc) is 2.28. The van der Waals surface area contributed by atoms with Crippen molar-refractivity contribution in [3.05, 3.63) is 38.3 Å². The van der Waals surface area contributed by atoms with Gasteiger partial charge in [0.05, 0.1) is 10.5 Å². The number of carbonyl (C=O) groups is 2. The van der Waals surface area contributed by atoms with Gasteiger partial charge in [0.2, 0.25) is 5.91 Å². The molecule has 0 saturated carbocycles. The van der Waals surface area contributed by atoms with E-state index in [0.29, 0.717) is 0 Å². The Kier molecular flexibility index (Phi) is 4.75. The number of rotatable bonds is 5. The van der Waals surface area contributed by atoms with Crippen molar-refractivity contribution in [3.8, 4) is 0 Å². The van der Waals surface area contributed by atoms with Crippen molar-refractivity contribution in [1.29, 1.82) is 0 Å². The number of benzene rings is 1. The third-order valence-electron chi connectivity index (χ3n) is 1.80. The number of hydroxylamine groups is 1. The summed E-state index contributed by atoms with van der Waals surface area (Å²) in [6.07, 6.45) is 0. The van der Waals surface area contributed by atoms with Gasteiger partial charge in [0, 0.05) is 6.07 Å². The van der Waals surface area contributed by atoms with Gasteiger partial charge in [-0.1, -0.05) is 6.07 Å². The minimum absolute atomic E-state index is 0.00803. The van der Waals surface area contributed by atoms with Gasteiger partial charge in [0.25, 0.3) is 11.6 Å². The molecule has 96 valence electrons. The van der Waals surface area contributed by atoms with Crippen molar-refractivity contribution < 1.29 is 19.3 Å². The molecule has 8 nitrogen and oxygen atoms in total. The highest BCUT2D eigenvalue weighted by atomic mass is 79.9. The minimum Gasteiger partial charge on any atom is -0.368 e. The van der Waals surface area contributed by atoms with Crippen molar-refractivity contribution in [2.24, 2.45) is 5.73 Å². The Bertz CT molecular complexity index is 505. The molecule has 0 unspecified atom stereocenters. The fourth-order valence-electron chi connectivity index (χ4n) is 1.06. The molecule has 0 bridgehead atoms. The summed E-state index contributed by atoms with van der Waals surface area (Å²) < 4.78 is 0.0233. The van der Waals surface area contributed by atoms with E-state index in [-0.39, 0.29) is 15.7 Å². The summed E-state index contributed by atoms with van der Waals surface area (Å²) in [5, 5.41) is 10.7.